The molecule has 0 aromatic heterocycles. The van der Waals surface area contributed by atoms with Gasteiger partial charge in [0.1, 0.15) is 0 Å². The lowest BCUT2D eigenvalue weighted by Gasteiger charge is -2.17. The zero-order chi connectivity index (χ0) is 8.85. The quantitative estimate of drug-likeness (QED) is 0.573. The van der Waals surface area contributed by atoms with Gasteiger partial charge in [-0.05, 0) is 6.92 Å². The van der Waals surface area contributed by atoms with Crippen LogP contribution in [0.3, 0.4) is 0 Å². The van der Waals surface area contributed by atoms with Crippen LogP contribution in [0.5, 0.6) is 0 Å². The van der Waals surface area contributed by atoms with Crippen LogP contribution in [0.1, 0.15) is 13.3 Å². The van der Waals surface area contributed by atoms with Crippen molar-refractivity contribution in [3.8, 4) is 12.3 Å². The molecule has 62 valence electrons. The molecule has 0 aliphatic heterocycles. The molecule has 0 spiro atoms. The van der Waals surface area contributed by atoms with E-state index in [0.29, 0.717) is 13.0 Å². The van der Waals surface area contributed by atoms with Crippen LogP contribution in [0.2, 0.25) is 0 Å². The highest BCUT2D eigenvalue weighted by Gasteiger charge is 2.14. The van der Waals surface area contributed by atoms with Crippen molar-refractivity contribution in [3.63, 3.8) is 0 Å². The third-order valence-corrected chi connectivity index (χ3v) is 1.51. The van der Waals surface area contributed by atoms with Gasteiger partial charge < -0.3 is 10.6 Å². The van der Waals surface area contributed by atoms with Crippen molar-refractivity contribution in [2.75, 3.05) is 13.6 Å². The number of hydrogen-bond acceptors (Lipinski definition) is 2. The number of hydrogen-bond donors (Lipinski definition) is 1. The molecule has 3 heteroatoms. The van der Waals surface area contributed by atoms with Gasteiger partial charge in [-0.1, -0.05) is 0 Å². The monoisotopic (exact) mass is 154 g/mol. The summed E-state index contributed by atoms with van der Waals surface area (Å²) >= 11 is 0. The van der Waals surface area contributed by atoms with Crippen LogP contribution in [-0.2, 0) is 4.79 Å². The van der Waals surface area contributed by atoms with Gasteiger partial charge in [-0.15, -0.1) is 12.3 Å². The van der Waals surface area contributed by atoms with Crippen molar-refractivity contribution in [2.45, 2.75) is 19.4 Å². The zero-order valence-electron chi connectivity index (χ0n) is 7.00. The highest BCUT2D eigenvalue weighted by Crippen LogP contribution is 1.92. The van der Waals surface area contributed by atoms with Gasteiger partial charge in [-0.25, -0.2) is 0 Å². The minimum atomic E-state index is -0.537. The van der Waals surface area contributed by atoms with Crippen molar-refractivity contribution in [3.05, 3.63) is 0 Å². The number of nitrogens with two attached hydrogens (primary N) is 1. The Hall–Kier alpha value is -1.01. The van der Waals surface area contributed by atoms with Crippen molar-refractivity contribution >= 4 is 5.91 Å². The van der Waals surface area contributed by atoms with E-state index in [9.17, 15) is 4.79 Å². The van der Waals surface area contributed by atoms with E-state index in [4.69, 9.17) is 12.2 Å². The Bertz CT molecular complexity index is 171. The van der Waals surface area contributed by atoms with E-state index in [-0.39, 0.29) is 5.91 Å². The topological polar surface area (TPSA) is 46.3 Å². The number of likely N-dealkylation sites (N-methyl/N-ethyl adjacent to an activating group) is 1. The lowest BCUT2D eigenvalue weighted by Crippen LogP contribution is -2.41. The second-order valence-electron chi connectivity index (χ2n) is 2.37. The molecule has 1 unspecified atom stereocenters. The Morgan fingerprint density at radius 3 is 2.73 bits per heavy atom. The fourth-order valence-corrected chi connectivity index (χ4v) is 0.653. The number of terminal acetylenes is 1. The molecule has 11 heavy (non-hydrogen) atoms. The van der Waals surface area contributed by atoms with E-state index >= 15 is 0 Å². The Kier molecular flexibility index (Phi) is 4.32. The smallest absolute Gasteiger partial charge is 0.240 e. The normalized spacial score (nSPS) is 11.8. The minimum absolute atomic E-state index is 0.0922. The average molecular weight is 154 g/mol. The highest BCUT2D eigenvalue weighted by atomic mass is 16.2. The van der Waals surface area contributed by atoms with Crippen molar-refractivity contribution in [2.24, 2.45) is 5.73 Å². The van der Waals surface area contributed by atoms with Gasteiger partial charge in [0.25, 0.3) is 0 Å². The summed E-state index contributed by atoms with van der Waals surface area (Å²) in [5, 5.41) is 0. The molecule has 0 saturated heterocycles. The van der Waals surface area contributed by atoms with E-state index in [1.807, 2.05) is 6.92 Å². The molecule has 0 bridgehead atoms. The SMILES string of the molecule is C#CCC(N)C(=O)N(C)CC. The average Bonchev–Trinajstić information content (AvgIpc) is 2.02. The Morgan fingerprint density at radius 1 is 1.82 bits per heavy atom. The summed E-state index contributed by atoms with van der Waals surface area (Å²) in [6.07, 6.45) is 5.32. The molecule has 0 fully saturated rings. The molecule has 3 nitrogen and oxygen atoms in total. The molecule has 0 aliphatic carbocycles. The molecule has 1 atom stereocenters. The number of amides is 1. The summed E-state index contributed by atoms with van der Waals surface area (Å²) in [5.41, 5.74) is 5.47. The van der Waals surface area contributed by atoms with E-state index in [0.717, 1.165) is 0 Å². The Labute approximate surface area is 67.6 Å². The van der Waals surface area contributed by atoms with Crippen molar-refractivity contribution in [1.82, 2.24) is 4.90 Å². The first-order valence-electron chi connectivity index (χ1n) is 3.57. The Morgan fingerprint density at radius 2 is 2.36 bits per heavy atom. The molecule has 0 radical (unpaired) electrons. The lowest BCUT2D eigenvalue weighted by atomic mass is 10.2. The van der Waals surface area contributed by atoms with Crippen molar-refractivity contribution in [1.29, 1.82) is 0 Å². The van der Waals surface area contributed by atoms with E-state index in [2.05, 4.69) is 5.92 Å². The number of carbonyl (C=O) groups excluding carboxylic acids is 1. The molecular weight excluding hydrogens is 140 g/mol. The van der Waals surface area contributed by atoms with Gasteiger partial charge in [-0.3, -0.25) is 4.79 Å². The van der Waals surface area contributed by atoms with Crippen LogP contribution >= 0.6 is 0 Å². The summed E-state index contributed by atoms with van der Waals surface area (Å²) in [4.78, 5) is 12.7. The van der Waals surface area contributed by atoms with E-state index in [1.54, 1.807) is 11.9 Å². The van der Waals surface area contributed by atoms with Crippen LogP contribution < -0.4 is 5.73 Å². The largest absolute Gasteiger partial charge is 0.345 e. The second kappa shape index (κ2) is 4.75. The van der Waals surface area contributed by atoms with Gasteiger partial charge in [0, 0.05) is 20.0 Å². The first kappa shape index (κ1) is 9.99. The standard InChI is InChI=1S/C8H14N2O/c1-4-6-7(9)8(11)10(3)5-2/h1,7H,5-6,9H2,2-3H3. The first-order chi connectivity index (χ1) is 5.13. The van der Waals surface area contributed by atoms with Crippen LogP contribution in [0.15, 0.2) is 0 Å². The third kappa shape index (κ3) is 3.06. The summed E-state index contributed by atoms with van der Waals surface area (Å²) in [7, 11) is 1.71. The molecule has 1 amide bonds. The zero-order valence-corrected chi connectivity index (χ0v) is 7.00. The maximum Gasteiger partial charge on any atom is 0.240 e. The predicted octanol–water partition coefficient (Wildman–Crippen LogP) is -0.185. The van der Waals surface area contributed by atoms with E-state index in [1.165, 1.54) is 0 Å². The van der Waals surface area contributed by atoms with Gasteiger partial charge in [0.2, 0.25) is 5.91 Å². The summed E-state index contributed by atoms with van der Waals surface area (Å²) < 4.78 is 0. The minimum Gasteiger partial charge on any atom is -0.345 e. The molecule has 0 heterocycles. The molecule has 2 N–H and O–H groups in total. The van der Waals surface area contributed by atoms with Gasteiger partial charge in [0.05, 0.1) is 6.04 Å². The summed E-state index contributed by atoms with van der Waals surface area (Å²) in [5.74, 6) is 2.26. The maximum absolute atomic E-state index is 11.2. The lowest BCUT2D eigenvalue weighted by molar-refractivity contribution is -0.130. The van der Waals surface area contributed by atoms with Crippen LogP contribution in [0, 0.1) is 12.3 Å². The molecule has 0 rings (SSSR count). The first-order valence-corrected chi connectivity index (χ1v) is 3.57. The molecule has 0 aliphatic rings. The highest BCUT2D eigenvalue weighted by molar-refractivity contribution is 5.81. The third-order valence-electron chi connectivity index (χ3n) is 1.51. The van der Waals surface area contributed by atoms with Crippen LogP contribution in [-0.4, -0.2) is 30.4 Å². The second-order valence-corrected chi connectivity index (χ2v) is 2.37. The number of nitrogens with zero attached hydrogens (tertiary/aromatic N) is 1. The fraction of sp³-hybridized carbons (Fsp3) is 0.625. The van der Waals surface area contributed by atoms with Gasteiger partial charge >= 0.3 is 0 Å². The predicted molar refractivity (Wildman–Crippen MR) is 44.7 cm³/mol. The molecule has 0 aromatic rings. The molecule has 0 aromatic carbocycles. The van der Waals surface area contributed by atoms with Crippen LogP contribution in [0.25, 0.3) is 0 Å². The Balaban J connectivity index is 3.93. The van der Waals surface area contributed by atoms with Crippen LogP contribution in [0.4, 0.5) is 0 Å². The number of carbonyl (C=O) groups is 1. The fourth-order valence-electron chi connectivity index (χ4n) is 0.653. The van der Waals surface area contributed by atoms with Gasteiger partial charge in [0.15, 0.2) is 0 Å². The summed E-state index contributed by atoms with van der Waals surface area (Å²) in [6, 6.07) is -0.537. The van der Waals surface area contributed by atoms with E-state index < -0.39 is 6.04 Å². The molecule has 0 saturated carbocycles. The maximum atomic E-state index is 11.2. The number of rotatable bonds is 3. The summed E-state index contributed by atoms with van der Waals surface area (Å²) in [6.45, 7) is 2.55. The van der Waals surface area contributed by atoms with Crippen molar-refractivity contribution < 1.29 is 4.79 Å². The molecular formula is C8H14N2O. The van der Waals surface area contributed by atoms with Gasteiger partial charge in [-0.2, -0.15) is 0 Å².